The molecule has 0 bridgehead atoms. The van der Waals surface area contributed by atoms with Crippen LogP contribution < -0.4 is 0 Å². The molecule has 3 rings (SSSR count). The Balaban J connectivity index is 1.84. The molecular formula is C20H23NO3S2. The maximum absolute atomic E-state index is 12.1. The van der Waals surface area contributed by atoms with E-state index in [-0.39, 0.29) is 12.1 Å². The summed E-state index contributed by atoms with van der Waals surface area (Å²) in [5.41, 5.74) is 2.48. The van der Waals surface area contributed by atoms with Crippen molar-refractivity contribution in [2.24, 2.45) is 5.92 Å². The number of para-hydroxylation sites is 1. The van der Waals surface area contributed by atoms with Gasteiger partial charge in [-0.25, -0.2) is 4.79 Å². The van der Waals surface area contributed by atoms with Crippen LogP contribution in [0, 0.1) is 5.92 Å². The van der Waals surface area contributed by atoms with Gasteiger partial charge in [-0.1, -0.05) is 36.5 Å². The second-order valence-electron chi connectivity index (χ2n) is 6.49. The fraction of sp³-hybridized carbons (Fsp3) is 0.400. The lowest BCUT2D eigenvalue weighted by Gasteiger charge is -2.22. The Hall–Kier alpha value is -1.79. The number of benzene rings is 1. The third kappa shape index (κ3) is 3.81. The Bertz CT molecular complexity index is 843. The van der Waals surface area contributed by atoms with Gasteiger partial charge in [0.05, 0.1) is 18.2 Å². The second kappa shape index (κ2) is 8.27. The molecule has 0 N–H and O–H groups in total. The van der Waals surface area contributed by atoms with Gasteiger partial charge in [0.2, 0.25) is 4.38 Å². The number of ether oxygens (including phenoxy) is 2. The number of hydrogen-bond donors (Lipinski definition) is 0. The van der Waals surface area contributed by atoms with Crippen LogP contribution in [-0.2, 0) is 9.47 Å². The number of methoxy groups -OCH3 is 1. The molecule has 1 aromatic carbocycles. The molecule has 1 aliphatic rings. The van der Waals surface area contributed by atoms with Crippen molar-refractivity contribution in [2.45, 2.75) is 31.8 Å². The lowest BCUT2D eigenvalue weighted by atomic mass is 10.00. The van der Waals surface area contributed by atoms with Crippen molar-refractivity contribution in [2.75, 3.05) is 13.4 Å². The Morgan fingerprint density at radius 3 is 2.88 bits per heavy atom. The highest BCUT2D eigenvalue weighted by atomic mass is 32.2. The maximum Gasteiger partial charge on any atom is 0.340 e. The van der Waals surface area contributed by atoms with E-state index in [2.05, 4.69) is 6.58 Å². The molecule has 0 saturated heterocycles. The van der Waals surface area contributed by atoms with E-state index in [1.807, 2.05) is 41.3 Å². The monoisotopic (exact) mass is 389 g/mol. The molecule has 0 spiro atoms. The van der Waals surface area contributed by atoms with Crippen molar-refractivity contribution in [1.82, 2.24) is 4.57 Å². The average molecular weight is 390 g/mol. The van der Waals surface area contributed by atoms with Gasteiger partial charge in [0.25, 0.3) is 0 Å². The Morgan fingerprint density at radius 2 is 2.15 bits per heavy atom. The van der Waals surface area contributed by atoms with E-state index in [1.165, 1.54) is 18.9 Å². The molecule has 2 aromatic rings. The molecule has 2 atom stereocenters. The minimum atomic E-state index is -0.333. The van der Waals surface area contributed by atoms with Crippen molar-refractivity contribution in [3.63, 3.8) is 0 Å². The first-order chi connectivity index (χ1) is 12.5. The van der Waals surface area contributed by atoms with Gasteiger partial charge in [-0.3, -0.25) is 0 Å². The number of carbonyl (C=O) groups is 1. The van der Waals surface area contributed by atoms with Gasteiger partial charge >= 0.3 is 5.97 Å². The predicted molar refractivity (Wildman–Crippen MR) is 112 cm³/mol. The van der Waals surface area contributed by atoms with Crippen molar-refractivity contribution in [3.05, 3.63) is 42.6 Å². The highest BCUT2D eigenvalue weighted by Gasteiger charge is 2.30. The fourth-order valence-corrected chi connectivity index (χ4v) is 4.02. The van der Waals surface area contributed by atoms with Crippen LogP contribution in [0.1, 0.15) is 36.0 Å². The quantitative estimate of drug-likeness (QED) is 0.524. The number of hydrogen-bond acceptors (Lipinski definition) is 5. The van der Waals surface area contributed by atoms with Crippen LogP contribution in [0.5, 0.6) is 0 Å². The molecular weight excluding hydrogens is 366 g/mol. The summed E-state index contributed by atoms with van der Waals surface area (Å²) >= 11 is 6.69. The molecule has 0 unspecified atom stereocenters. The van der Waals surface area contributed by atoms with Gasteiger partial charge < -0.3 is 14.0 Å². The standard InChI is InChI=1S/C20H23NO3S2/c1-13(11-14-7-6-10-18(14)24-20(25)26-3)21-12-16(19(22)23-2)15-8-4-5-9-17(15)21/h4-5,8-9,12,14,18H,1,6-7,10-11H2,2-3H3/t14-,18-/m1/s1. The molecule has 1 aliphatic carbocycles. The number of nitrogens with zero attached hydrogens (tertiary/aromatic N) is 1. The smallest absolute Gasteiger partial charge is 0.340 e. The van der Waals surface area contributed by atoms with Gasteiger partial charge in [0, 0.05) is 23.2 Å². The zero-order chi connectivity index (χ0) is 18.7. The zero-order valence-electron chi connectivity index (χ0n) is 15.1. The molecule has 26 heavy (non-hydrogen) atoms. The SMILES string of the molecule is C=C(C[C@H]1CCC[C@H]1OC(=S)SC)n1cc(C(=O)OC)c2ccccc21. The third-order valence-corrected chi connectivity index (χ3v) is 5.99. The molecule has 4 nitrogen and oxygen atoms in total. The van der Waals surface area contributed by atoms with Crippen molar-refractivity contribution in [1.29, 1.82) is 0 Å². The third-order valence-electron chi connectivity index (χ3n) is 4.96. The molecule has 6 heteroatoms. The highest BCUT2D eigenvalue weighted by Crippen LogP contribution is 2.36. The van der Waals surface area contributed by atoms with Crippen LogP contribution in [-0.4, -0.2) is 34.4 Å². The van der Waals surface area contributed by atoms with E-state index in [0.29, 0.717) is 15.9 Å². The predicted octanol–water partition coefficient (Wildman–Crippen LogP) is 5.12. The molecule has 1 aromatic heterocycles. The molecule has 1 fully saturated rings. The Morgan fingerprint density at radius 1 is 1.38 bits per heavy atom. The van der Waals surface area contributed by atoms with Gasteiger partial charge in [0.1, 0.15) is 6.10 Å². The summed E-state index contributed by atoms with van der Waals surface area (Å²) in [5.74, 6) is 0.0514. The van der Waals surface area contributed by atoms with Crippen LogP contribution in [0.25, 0.3) is 16.6 Å². The number of thiocarbonyl (C=S) groups is 1. The molecule has 0 aliphatic heterocycles. The van der Waals surface area contributed by atoms with Crippen LogP contribution >= 0.6 is 24.0 Å². The number of carbonyl (C=O) groups excluding carboxylic acids is 1. The first kappa shape index (κ1) is 19.0. The summed E-state index contributed by atoms with van der Waals surface area (Å²) in [7, 11) is 1.40. The van der Waals surface area contributed by atoms with Crippen molar-refractivity contribution >= 4 is 50.9 Å². The Kier molecular flexibility index (Phi) is 6.04. The van der Waals surface area contributed by atoms with E-state index in [0.717, 1.165) is 42.3 Å². The molecule has 138 valence electrons. The Labute approximate surface area is 163 Å². The summed E-state index contributed by atoms with van der Waals surface area (Å²) in [6.07, 6.45) is 7.98. The van der Waals surface area contributed by atoms with E-state index in [4.69, 9.17) is 21.7 Å². The van der Waals surface area contributed by atoms with E-state index < -0.39 is 0 Å². The average Bonchev–Trinajstić information content (AvgIpc) is 3.25. The number of allylic oxidation sites excluding steroid dienone is 1. The maximum atomic E-state index is 12.1. The van der Waals surface area contributed by atoms with Crippen molar-refractivity contribution in [3.8, 4) is 0 Å². The molecule has 0 amide bonds. The molecule has 1 saturated carbocycles. The number of esters is 1. The summed E-state index contributed by atoms with van der Waals surface area (Å²) in [4.78, 5) is 12.1. The number of thioether (sulfide) groups is 1. The topological polar surface area (TPSA) is 40.5 Å². The summed E-state index contributed by atoms with van der Waals surface area (Å²) in [5, 5.41) is 0.878. The number of rotatable bonds is 5. The highest BCUT2D eigenvalue weighted by molar-refractivity contribution is 8.22. The van der Waals surface area contributed by atoms with Crippen molar-refractivity contribution < 1.29 is 14.3 Å². The normalized spacial score (nSPS) is 19.5. The van der Waals surface area contributed by atoms with Gasteiger partial charge in [-0.2, -0.15) is 0 Å². The largest absolute Gasteiger partial charge is 0.475 e. The zero-order valence-corrected chi connectivity index (χ0v) is 16.7. The minimum absolute atomic E-state index is 0.147. The van der Waals surface area contributed by atoms with E-state index in [1.54, 1.807) is 0 Å². The second-order valence-corrected chi connectivity index (χ2v) is 7.90. The summed E-state index contributed by atoms with van der Waals surface area (Å²) < 4.78 is 13.5. The lowest BCUT2D eigenvalue weighted by molar-refractivity contribution is 0.0603. The first-order valence-electron chi connectivity index (χ1n) is 8.66. The van der Waals surface area contributed by atoms with E-state index in [9.17, 15) is 4.79 Å². The minimum Gasteiger partial charge on any atom is -0.475 e. The van der Waals surface area contributed by atoms with E-state index >= 15 is 0 Å². The molecule has 1 heterocycles. The van der Waals surface area contributed by atoms with Crippen LogP contribution in [0.3, 0.4) is 0 Å². The van der Waals surface area contributed by atoms with Gasteiger partial charge in [0.15, 0.2) is 0 Å². The van der Waals surface area contributed by atoms with Gasteiger partial charge in [-0.05, 0) is 50.2 Å². The molecule has 0 radical (unpaired) electrons. The first-order valence-corrected chi connectivity index (χ1v) is 10.3. The van der Waals surface area contributed by atoms with Crippen LogP contribution in [0.15, 0.2) is 37.0 Å². The fourth-order valence-electron chi connectivity index (χ4n) is 3.68. The van der Waals surface area contributed by atoms with Crippen LogP contribution in [0.2, 0.25) is 0 Å². The lowest BCUT2D eigenvalue weighted by Crippen LogP contribution is -2.20. The number of aromatic nitrogens is 1. The summed E-state index contributed by atoms with van der Waals surface area (Å²) in [6.45, 7) is 4.29. The van der Waals surface area contributed by atoms with Gasteiger partial charge in [-0.15, -0.1) is 0 Å². The van der Waals surface area contributed by atoms with Crippen LogP contribution in [0.4, 0.5) is 0 Å². The number of fused-ring (bicyclic) bond motifs is 1. The summed E-state index contributed by atoms with van der Waals surface area (Å²) in [6, 6.07) is 7.82.